The van der Waals surface area contributed by atoms with Gasteiger partial charge in [-0.1, -0.05) is 0 Å². The van der Waals surface area contributed by atoms with Crippen molar-refractivity contribution in [2.45, 2.75) is 31.9 Å². The maximum absolute atomic E-state index is 9.89. The monoisotopic (exact) mass is 214 g/mol. The Hall–Kier alpha value is -0.170. The van der Waals surface area contributed by atoms with Gasteiger partial charge in [-0.3, -0.25) is 4.55 Å². The first-order valence-electron chi connectivity index (χ1n) is 4.04. The molecule has 0 aromatic heterocycles. The predicted octanol–water partition coefficient (Wildman–Crippen LogP) is 0.0338. The third-order valence-corrected chi connectivity index (χ3v) is 2.35. The molecule has 3 N–H and O–H groups in total. The minimum Gasteiger partial charge on any atom is -0.396 e. The summed E-state index contributed by atoms with van der Waals surface area (Å²) in [7, 11) is -3.74. The summed E-state index contributed by atoms with van der Waals surface area (Å²) in [6.45, 7) is 3.21. The molecule has 0 bridgehead atoms. The van der Waals surface area contributed by atoms with Gasteiger partial charge in [-0.25, -0.2) is 0 Å². The van der Waals surface area contributed by atoms with E-state index >= 15 is 0 Å². The zero-order valence-electron chi connectivity index (χ0n) is 7.97. The van der Waals surface area contributed by atoms with Crippen molar-refractivity contribution in [3.8, 4) is 0 Å². The molecule has 0 heterocycles. The van der Waals surface area contributed by atoms with Gasteiger partial charge in [0.2, 0.25) is 0 Å². The number of hydrogen-bond acceptors (Lipinski definition) is 4. The molecule has 82 valence electrons. The van der Waals surface area contributed by atoms with E-state index in [0.29, 0.717) is 0 Å². The van der Waals surface area contributed by atoms with Crippen molar-refractivity contribution >= 4 is 10.1 Å². The van der Waals surface area contributed by atoms with Gasteiger partial charge in [0, 0.05) is 13.2 Å². The van der Waals surface area contributed by atoms with Crippen molar-refractivity contribution in [1.29, 1.82) is 0 Å². The normalized spacial score (nSPS) is 10.9. The summed E-state index contributed by atoms with van der Waals surface area (Å²) in [5.41, 5.74) is 0. The van der Waals surface area contributed by atoms with E-state index in [1.54, 1.807) is 0 Å². The Balaban J connectivity index is 0. The number of aliphatic hydroxyl groups is 2. The van der Waals surface area contributed by atoms with E-state index in [1.807, 2.05) is 0 Å². The molecule has 0 aliphatic heterocycles. The van der Waals surface area contributed by atoms with Crippen molar-refractivity contribution in [1.82, 2.24) is 0 Å². The van der Waals surface area contributed by atoms with Crippen molar-refractivity contribution in [2.24, 2.45) is 0 Å². The lowest BCUT2D eigenvalue weighted by Gasteiger charge is -1.94. The Labute approximate surface area is 79.2 Å². The predicted molar refractivity (Wildman–Crippen MR) is 50.1 cm³/mol. The molecule has 0 saturated carbocycles. The van der Waals surface area contributed by atoms with Crippen LogP contribution in [-0.4, -0.2) is 41.6 Å². The molecule has 6 heteroatoms. The fraction of sp³-hybridized carbons (Fsp3) is 1.00. The molecule has 0 aliphatic carbocycles. The molecule has 13 heavy (non-hydrogen) atoms. The van der Waals surface area contributed by atoms with Gasteiger partial charge in [0.15, 0.2) is 0 Å². The fourth-order valence-corrected chi connectivity index (χ4v) is 0.224. The van der Waals surface area contributed by atoms with E-state index in [2.05, 4.69) is 0 Å². The van der Waals surface area contributed by atoms with Crippen LogP contribution in [0, 0.1) is 0 Å². The molecule has 0 fully saturated rings. The third kappa shape index (κ3) is 14.7. The van der Waals surface area contributed by atoms with Gasteiger partial charge in [0.25, 0.3) is 10.1 Å². The van der Waals surface area contributed by atoms with Crippen LogP contribution in [-0.2, 0) is 10.1 Å². The van der Waals surface area contributed by atoms with Gasteiger partial charge in [-0.2, -0.15) is 8.42 Å². The van der Waals surface area contributed by atoms with E-state index in [-0.39, 0.29) is 13.2 Å². The first-order valence-corrected chi connectivity index (χ1v) is 5.54. The summed E-state index contributed by atoms with van der Waals surface area (Å²) in [6, 6.07) is 0. The first kappa shape index (κ1) is 15.3. The summed E-state index contributed by atoms with van der Waals surface area (Å²) < 4.78 is 27.8. The second-order valence-corrected chi connectivity index (χ2v) is 4.69. The van der Waals surface area contributed by atoms with Crippen molar-refractivity contribution in [2.75, 3.05) is 13.2 Å². The van der Waals surface area contributed by atoms with Gasteiger partial charge in [-0.05, 0) is 26.7 Å². The molecule has 0 atom stereocenters. The summed E-state index contributed by atoms with van der Waals surface area (Å²) in [4.78, 5) is 0. The fourth-order valence-electron chi connectivity index (χ4n) is 0.224. The van der Waals surface area contributed by atoms with Crippen LogP contribution in [0.5, 0.6) is 0 Å². The molecule has 0 spiro atoms. The minimum absolute atomic E-state index is 0.195. The average molecular weight is 214 g/mol. The van der Waals surface area contributed by atoms with E-state index < -0.39 is 15.4 Å². The van der Waals surface area contributed by atoms with Gasteiger partial charge >= 0.3 is 0 Å². The van der Waals surface area contributed by atoms with Gasteiger partial charge in [0.05, 0.1) is 5.25 Å². The topological polar surface area (TPSA) is 94.8 Å². The highest BCUT2D eigenvalue weighted by Crippen LogP contribution is 1.91. The minimum atomic E-state index is -3.74. The lowest BCUT2D eigenvalue weighted by atomic mass is 10.3. The summed E-state index contributed by atoms with van der Waals surface area (Å²) in [5.74, 6) is 0. The van der Waals surface area contributed by atoms with E-state index in [0.717, 1.165) is 12.8 Å². The van der Waals surface area contributed by atoms with Gasteiger partial charge < -0.3 is 10.2 Å². The van der Waals surface area contributed by atoms with Crippen molar-refractivity contribution < 1.29 is 23.2 Å². The number of unbranched alkanes of at least 4 members (excludes halogenated alkanes) is 1. The maximum Gasteiger partial charge on any atom is 0.267 e. The number of hydrogen-bond donors (Lipinski definition) is 3. The van der Waals surface area contributed by atoms with Gasteiger partial charge in [-0.15, -0.1) is 0 Å². The maximum atomic E-state index is 9.89. The van der Waals surface area contributed by atoms with E-state index in [1.165, 1.54) is 13.8 Å². The molecule has 0 aromatic carbocycles. The van der Waals surface area contributed by atoms with Crippen molar-refractivity contribution in [3.63, 3.8) is 0 Å². The van der Waals surface area contributed by atoms with Crippen LogP contribution < -0.4 is 0 Å². The summed E-state index contributed by atoms with van der Waals surface area (Å²) >= 11 is 0. The highest BCUT2D eigenvalue weighted by molar-refractivity contribution is 7.86. The largest absolute Gasteiger partial charge is 0.396 e. The zero-order chi connectivity index (χ0) is 10.9. The molecule has 5 nitrogen and oxygen atoms in total. The summed E-state index contributed by atoms with van der Waals surface area (Å²) in [6.07, 6.45) is 1.44. The number of aliphatic hydroxyl groups excluding tert-OH is 2. The van der Waals surface area contributed by atoms with Gasteiger partial charge in [0.1, 0.15) is 0 Å². The molecule has 0 aromatic rings. The van der Waals surface area contributed by atoms with Crippen molar-refractivity contribution in [3.05, 3.63) is 0 Å². The van der Waals surface area contributed by atoms with Crippen LogP contribution in [0.1, 0.15) is 26.7 Å². The van der Waals surface area contributed by atoms with Crippen LogP contribution in [0.4, 0.5) is 0 Å². The first-order chi connectivity index (χ1) is 5.86. The second-order valence-electron chi connectivity index (χ2n) is 2.72. The lowest BCUT2D eigenvalue weighted by molar-refractivity contribution is 0.242. The van der Waals surface area contributed by atoms with Crippen LogP contribution >= 0.6 is 0 Å². The highest BCUT2D eigenvalue weighted by atomic mass is 32.2. The van der Waals surface area contributed by atoms with Crippen LogP contribution in [0.15, 0.2) is 0 Å². The van der Waals surface area contributed by atoms with Crippen LogP contribution in [0.2, 0.25) is 0 Å². The molecular formula is C7H18O5S. The molecule has 0 aliphatic rings. The highest BCUT2D eigenvalue weighted by Gasteiger charge is 2.08. The number of rotatable bonds is 4. The standard InChI is InChI=1S/C4H10O2.C3H8O3S/c5-3-1-2-4-6;1-3(2)7(4,5)6/h5-6H,1-4H2;3H,1-2H3,(H,4,5,6). The lowest BCUT2D eigenvalue weighted by Crippen LogP contribution is -2.10. The van der Waals surface area contributed by atoms with E-state index in [9.17, 15) is 8.42 Å². The molecule has 0 radical (unpaired) electrons. The SMILES string of the molecule is CC(C)S(=O)(=O)O.OCCCCO. The average Bonchev–Trinajstić information content (AvgIpc) is 2.00. The summed E-state index contributed by atoms with van der Waals surface area (Å²) in [5, 5.41) is 15.5. The van der Waals surface area contributed by atoms with Crippen LogP contribution in [0.3, 0.4) is 0 Å². The molecular weight excluding hydrogens is 196 g/mol. The zero-order valence-corrected chi connectivity index (χ0v) is 8.79. The Bertz CT molecular complexity index is 181. The van der Waals surface area contributed by atoms with E-state index in [4.69, 9.17) is 14.8 Å². The second kappa shape index (κ2) is 8.43. The Morgan fingerprint density at radius 3 is 1.38 bits per heavy atom. The Morgan fingerprint density at radius 2 is 1.31 bits per heavy atom. The quantitative estimate of drug-likeness (QED) is 0.453. The molecule has 0 amide bonds. The molecule has 0 unspecified atom stereocenters. The molecule has 0 rings (SSSR count). The van der Waals surface area contributed by atoms with Crippen LogP contribution in [0.25, 0.3) is 0 Å². The smallest absolute Gasteiger partial charge is 0.267 e. The third-order valence-electron chi connectivity index (χ3n) is 1.16. The Morgan fingerprint density at radius 1 is 1.08 bits per heavy atom. The molecule has 0 saturated heterocycles. The Kier molecular flexibility index (Phi) is 9.93.